The lowest BCUT2D eigenvalue weighted by molar-refractivity contribution is -0.128. The fourth-order valence-corrected chi connectivity index (χ4v) is 4.95. The first-order valence-electron chi connectivity index (χ1n) is 10.5. The highest BCUT2D eigenvalue weighted by atomic mass is 32.2. The Hall–Kier alpha value is -2.54. The summed E-state index contributed by atoms with van der Waals surface area (Å²) in [5.74, 6) is 0.584. The van der Waals surface area contributed by atoms with E-state index in [1.165, 1.54) is 0 Å². The zero-order valence-electron chi connectivity index (χ0n) is 17.6. The predicted octanol–water partition coefficient (Wildman–Crippen LogP) is 3.42. The minimum atomic E-state index is -3.33. The SMILES string of the molecule is CCC(CC)NC(=O)C1CN(CCCS(=O)(=O)c2ccccc2)c2ccccc2O1. The Morgan fingerprint density at radius 2 is 1.77 bits per heavy atom. The van der Waals surface area contributed by atoms with Gasteiger partial charge in [0.25, 0.3) is 5.91 Å². The number of amides is 1. The quantitative estimate of drug-likeness (QED) is 0.660. The zero-order chi connectivity index (χ0) is 21.6. The number of fused-ring (bicyclic) bond motifs is 1. The van der Waals surface area contributed by atoms with E-state index in [1.54, 1.807) is 30.3 Å². The molecule has 1 unspecified atom stereocenters. The lowest BCUT2D eigenvalue weighted by Crippen LogP contribution is -2.51. The standard InChI is InChI=1S/C23H30N2O4S/c1-3-18(4-2)24-23(26)22-17-25(20-13-8-9-14-21(20)29-22)15-10-16-30(27,28)19-11-6-5-7-12-19/h5-9,11-14,18,22H,3-4,10,15-17H2,1-2H3,(H,24,26). The molecule has 0 spiro atoms. The first-order valence-corrected chi connectivity index (χ1v) is 12.2. The van der Waals surface area contributed by atoms with Gasteiger partial charge >= 0.3 is 0 Å². The van der Waals surface area contributed by atoms with E-state index >= 15 is 0 Å². The second-order valence-electron chi connectivity index (χ2n) is 7.53. The number of nitrogens with zero attached hydrogens (tertiary/aromatic N) is 1. The average molecular weight is 431 g/mol. The molecule has 1 aliphatic heterocycles. The molecule has 1 atom stereocenters. The summed E-state index contributed by atoms with van der Waals surface area (Å²) in [5.41, 5.74) is 0.890. The van der Waals surface area contributed by atoms with Crippen molar-refractivity contribution in [1.29, 1.82) is 0 Å². The molecule has 0 bridgehead atoms. The summed E-state index contributed by atoms with van der Waals surface area (Å²) < 4.78 is 31.1. The maximum atomic E-state index is 12.7. The summed E-state index contributed by atoms with van der Waals surface area (Å²) >= 11 is 0. The summed E-state index contributed by atoms with van der Waals surface area (Å²) in [4.78, 5) is 15.1. The summed E-state index contributed by atoms with van der Waals surface area (Å²) in [5, 5.41) is 3.05. The molecule has 1 N–H and O–H groups in total. The van der Waals surface area contributed by atoms with E-state index in [0.29, 0.717) is 30.2 Å². The lowest BCUT2D eigenvalue weighted by Gasteiger charge is -2.36. The number of carbonyl (C=O) groups excluding carboxylic acids is 1. The highest BCUT2D eigenvalue weighted by Crippen LogP contribution is 2.33. The number of nitrogens with one attached hydrogen (secondary N) is 1. The molecule has 30 heavy (non-hydrogen) atoms. The van der Waals surface area contributed by atoms with Crippen molar-refractivity contribution in [1.82, 2.24) is 5.32 Å². The molecule has 7 heteroatoms. The molecule has 0 saturated heterocycles. The second kappa shape index (κ2) is 9.98. The first-order chi connectivity index (χ1) is 14.4. The van der Waals surface area contributed by atoms with Crippen LogP contribution in [-0.4, -0.2) is 45.3 Å². The van der Waals surface area contributed by atoms with Gasteiger partial charge in [-0.1, -0.05) is 44.2 Å². The van der Waals surface area contributed by atoms with Crippen molar-refractivity contribution >= 4 is 21.4 Å². The van der Waals surface area contributed by atoms with Crippen LogP contribution in [-0.2, 0) is 14.6 Å². The van der Waals surface area contributed by atoms with E-state index in [1.807, 2.05) is 38.1 Å². The van der Waals surface area contributed by atoms with Crippen molar-refractivity contribution in [3.05, 3.63) is 54.6 Å². The van der Waals surface area contributed by atoms with Crippen molar-refractivity contribution in [2.45, 2.75) is 50.2 Å². The van der Waals surface area contributed by atoms with Gasteiger partial charge in [-0.3, -0.25) is 4.79 Å². The van der Waals surface area contributed by atoms with E-state index < -0.39 is 15.9 Å². The number of para-hydroxylation sites is 2. The van der Waals surface area contributed by atoms with E-state index in [9.17, 15) is 13.2 Å². The van der Waals surface area contributed by atoms with Gasteiger partial charge in [-0.05, 0) is 43.5 Å². The van der Waals surface area contributed by atoms with Crippen LogP contribution >= 0.6 is 0 Å². The number of rotatable bonds is 9. The van der Waals surface area contributed by atoms with Crippen molar-refractivity contribution in [3.8, 4) is 5.75 Å². The molecule has 162 valence electrons. The Bertz CT molecular complexity index is 943. The van der Waals surface area contributed by atoms with Crippen LogP contribution < -0.4 is 15.0 Å². The van der Waals surface area contributed by atoms with Gasteiger partial charge in [-0.15, -0.1) is 0 Å². The molecule has 0 aromatic heterocycles. The zero-order valence-corrected chi connectivity index (χ0v) is 18.4. The predicted molar refractivity (Wildman–Crippen MR) is 119 cm³/mol. The third-order valence-corrected chi connectivity index (χ3v) is 7.25. The highest BCUT2D eigenvalue weighted by Gasteiger charge is 2.31. The average Bonchev–Trinajstić information content (AvgIpc) is 2.77. The minimum absolute atomic E-state index is 0.0567. The Labute approximate surface area is 179 Å². The van der Waals surface area contributed by atoms with Gasteiger partial charge in [0.15, 0.2) is 15.9 Å². The number of benzene rings is 2. The van der Waals surface area contributed by atoms with Crippen molar-refractivity contribution in [2.75, 3.05) is 23.7 Å². The van der Waals surface area contributed by atoms with E-state index in [2.05, 4.69) is 10.2 Å². The first kappa shape index (κ1) is 22.2. The minimum Gasteiger partial charge on any atom is -0.477 e. The Kier molecular flexibility index (Phi) is 7.37. The second-order valence-corrected chi connectivity index (χ2v) is 9.64. The van der Waals surface area contributed by atoms with Gasteiger partial charge in [-0.25, -0.2) is 8.42 Å². The smallest absolute Gasteiger partial charge is 0.263 e. The molecule has 1 amide bonds. The van der Waals surface area contributed by atoms with Gasteiger partial charge in [0.1, 0.15) is 5.75 Å². The van der Waals surface area contributed by atoms with Gasteiger partial charge in [0, 0.05) is 12.6 Å². The number of sulfone groups is 1. The maximum Gasteiger partial charge on any atom is 0.263 e. The molecule has 3 rings (SSSR count). The van der Waals surface area contributed by atoms with Crippen LogP contribution in [0.4, 0.5) is 5.69 Å². The molecule has 2 aromatic rings. The van der Waals surface area contributed by atoms with Gasteiger partial charge in [0.05, 0.1) is 22.9 Å². The van der Waals surface area contributed by atoms with Crippen LogP contribution in [0.15, 0.2) is 59.5 Å². The van der Waals surface area contributed by atoms with E-state index in [0.717, 1.165) is 18.5 Å². The fraction of sp³-hybridized carbons (Fsp3) is 0.435. The van der Waals surface area contributed by atoms with Crippen LogP contribution in [0.5, 0.6) is 5.75 Å². The molecule has 0 radical (unpaired) electrons. The van der Waals surface area contributed by atoms with Crippen LogP contribution in [0, 0.1) is 0 Å². The van der Waals surface area contributed by atoms with Crippen molar-refractivity contribution in [3.63, 3.8) is 0 Å². The normalized spacial score (nSPS) is 16.1. The number of hydrogen-bond acceptors (Lipinski definition) is 5. The Morgan fingerprint density at radius 1 is 1.10 bits per heavy atom. The number of anilines is 1. The molecule has 1 aliphatic rings. The summed E-state index contributed by atoms with van der Waals surface area (Å²) in [7, 11) is -3.33. The molecule has 1 heterocycles. The molecule has 0 aliphatic carbocycles. The summed E-state index contributed by atoms with van der Waals surface area (Å²) in [6.07, 6.45) is 1.58. The summed E-state index contributed by atoms with van der Waals surface area (Å²) in [6, 6.07) is 16.2. The van der Waals surface area contributed by atoms with Crippen LogP contribution in [0.1, 0.15) is 33.1 Å². The lowest BCUT2D eigenvalue weighted by atomic mass is 10.1. The van der Waals surface area contributed by atoms with Gasteiger partial charge < -0.3 is 15.0 Å². The Morgan fingerprint density at radius 3 is 2.47 bits per heavy atom. The van der Waals surface area contributed by atoms with Gasteiger partial charge in [-0.2, -0.15) is 0 Å². The van der Waals surface area contributed by atoms with Crippen molar-refractivity contribution < 1.29 is 17.9 Å². The molecule has 0 saturated carbocycles. The number of carbonyl (C=O) groups is 1. The van der Waals surface area contributed by atoms with Crippen LogP contribution in [0.25, 0.3) is 0 Å². The van der Waals surface area contributed by atoms with Crippen molar-refractivity contribution in [2.24, 2.45) is 0 Å². The Balaban J connectivity index is 1.68. The molecule has 2 aromatic carbocycles. The van der Waals surface area contributed by atoms with Crippen LogP contribution in [0.3, 0.4) is 0 Å². The fourth-order valence-electron chi connectivity index (χ4n) is 3.63. The summed E-state index contributed by atoms with van der Waals surface area (Å²) in [6.45, 7) is 5.02. The molecule has 6 nitrogen and oxygen atoms in total. The highest BCUT2D eigenvalue weighted by molar-refractivity contribution is 7.91. The van der Waals surface area contributed by atoms with Crippen LogP contribution in [0.2, 0.25) is 0 Å². The largest absolute Gasteiger partial charge is 0.477 e. The van der Waals surface area contributed by atoms with Gasteiger partial charge in [0.2, 0.25) is 0 Å². The molecular formula is C23H30N2O4S. The third kappa shape index (κ3) is 5.33. The maximum absolute atomic E-state index is 12.7. The third-order valence-electron chi connectivity index (χ3n) is 5.43. The monoisotopic (exact) mass is 430 g/mol. The molecule has 0 fully saturated rings. The van der Waals surface area contributed by atoms with E-state index in [4.69, 9.17) is 4.74 Å². The van der Waals surface area contributed by atoms with E-state index in [-0.39, 0.29) is 17.7 Å². The number of ether oxygens (including phenoxy) is 1. The number of hydrogen-bond donors (Lipinski definition) is 1. The molecular weight excluding hydrogens is 400 g/mol. The topological polar surface area (TPSA) is 75.7 Å².